The summed E-state index contributed by atoms with van der Waals surface area (Å²) in [6.07, 6.45) is 2.27. The zero-order valence-electron chi connectivity index (χ0n) is 14.0. The van der Waals surface area contributed by atoms with E-state index in [0.717, 1.165) is 17.7 Å². The molecule has 0 saturated carbocycles. The minimum Gasteiger partial charge on any atom is -0.290 e. The van der Waals surface area contributed by atoms with Gasteiger partial charge in [-0.15, -0.1) is 0 Å². The van der Waals surface area contributed by atoms with Crippen molar-refractivity contribution in [3.8, 4) is 11.4 Å². The van der Waals surface area contributed by atoms with Crippen LogP contribution in [-0.4, -0.2) is 34.5 Å². The van der Waals surface area contributed by atoms with Crippen molar-refractivity contribution in [1.29, 1.82) is 0 Å². The number of hydrogen-bond donors (Lipinski definition) is 1. The third kappa shape index (κ3) is 2.61. The van der Waals surface area contributed by atoms with E-state index in [4.69, 9.17) is 0 Å². The minimum absolute atomic E-state index is 0.141. The summed E-state index contributed by atoms with van der Waals surface area (Å²) in [5.74, 6) is 1.20. The summed E-state index contributed by atoms with van der Waals surface area (Å²) in [6.45, 7) is 2.27. The lowest BCUT2D eigenvalue weighted by Crippen LogP contribution is -2.23. The molecule has 4 aromatic rings. The number of fused-ring (bicyclic) bond motifs is 1. The van der Waals surface area contributed by atoms with Crippen molar-refractivity contribution in [3.63, 3.8) is 0 Å². The molecule has 0 aliphatic heterocycles. The first kappa shape index (κ1) is 15.3. The zero-order chi connectivity index (χ0) is 17.4. The van der Waals surface area contributed by atoms with Crippen LogP contribution in [0.4, 0.5) is 0 Å². The predicted molar refractivity (Wildman–Crippen MR) is 93.1 cm³/mol. The molecule has 0 saturated heterocycles. The summed E-state index contributed by atoms with van der Waals surface area (Å²) < 4.78 is 3.11. The van der Waals surface area contributed by atoms with Crippen LogP contribution in [0.5, 0.6) is 0 Å². The maximum atomic E-state index is 12.8. The summed E-state index contributed by atoms with van der Waals surface area (Å²) in [4.78, 5) is 21.6. The van der Waals surface area contributed by atoms with Crippen LogP contribution >= 0.6 is 0 Å². The normalized spacial score (nSPS) is 11.3. The van der Waals surface area contributed by atoms with E-state index >= 15 is 0 Å². The van der Waals surface area contributed by atoms with Crippen molar-refractivity contribution in [2.45, 2.75) is 19.9 Å². The Morgan fingerprint density at radius 2 is 2.00 bits per heavy atom. The third-order valence-corrected chi connectivity index (χ3v) is 4.10. The van der Waals surface area contributed by atoms with E-state index in [2.05, 4.69) is 25.3 Å². The molecule has 8 heteroatoms. The summed E-state index contributed by atoms with van der Waals surface area (Å²) in [5.41, 5.74) is 2.77. The summed E-state index contributed by atoms with van der Waals surface area (Å²) in [7, 11) is 1.76. The fourth-order valence-corrected chi connectivity index (χ4v) is 2.85. The molecule has 0 amide bonds. The van der Waals surface area contributed by atoms with Crippen molar-refractivity contribution >= 4 is 11.0 Å². The van der Waals surface area contributed by atoms with Gasteiger partial charge in [0.1, 0.15) is 11.3 Å². The average molecular weight is 335 g/mol. The Hall–Kier alpha value is -3.29. The number of hydrogen-bond acceptors (Lipinski definition) is 5. The van der Waals surface area contributed by atoms with Gasteiger partial charge in [0.2, 0.25) is 0 Å². The van der Waals surface area contributed by atoms with E-state index in [-0.39, 0.29) is 12.1 Å². The number of nitrogens with one attached hydrogen (secondary N) is 1. The van der Waals surface area contributed by atoms with Crippen molar-refractivity contribution in [1.82, 2.24) is 34.5 Å². The second kappa shape index (κ2) is 5.97. The summed E-state index contributed by atoms with van der Waals surface area (Å²) in [6, 6.07) is 9.68. The van der Waals surface area contributed by atoms with Gasteiger partial charge in [0.05, 0.1) is 18.6 Å². The smallest absolute Gasteiger partial charge is 0.279 e. The quantitative estimate of drug-likeness (QED) is 0.610. The van der Waals surface area contributed by atoms with E-state index in [0.29, 0.717) is 22.7 Å². The summed E-state index contributed by atoms with van der Waals surface area (Å²) in [5, 5.41) is 11.5. The Morgan fingerprint density at radius 3 is 2.76 bits per heavy atom. The molecule has 0 radical (unpaired) electrons. The third-order valence-electron chi connectivity index (χ3n) is 4.10. The molecule has 126 valence electrons. The average Bonchev–Trinajstić information content (AvgIpc) is 3.23. The molecule has 8 nitrogen and oxygen atoms in total. The molecule has 3 heterocycles. The molecule has 3 aromatic heterocycles. The number of H-pyrrole nitrogens is 1. The first-order valence-electron chi connectivity index (χ1n) is 8.05. The minimum atomic E-state index is -0.141. The summed E-state index contributed by atoms with van der Waals surface area (Å²) >= 11 is 0. The van der Waals surface area contributed by atoms with Crippen LogP contribution in [0.3, 0.4) is 0 Å². The standard InChI is InChI=1S/C17H17N7O/c1-3-12-14-15(23(2)22-12)17(25)24(10-18-14)9-13-19-16(21-20-13)11-7-5-4-6-8-11/h4-8,10H,3,9H2,1-2H3,(H,19,20,21). The van der Waals surface area contributed by atoms with Crippen LogP contribution in [-0.2, 0) is 20.0 Å². The van der Waals surface area contributed by atoms with Gasteiger partial charge in [-0.05, 0) is 6.42 Å². The number of nitrogens with zero attached hydrogens (tertiary/aromatic N) is 6. The molecule has 25 heavy (non-hydrogen) atoms. The van der Waals surface area contributed by atoms with Gasteiger partial charge in [-0.25, -0.2) is 9.97 Å². The van der Waals surface area contributed by atoms with Crippen LogP contribution in [0.2, 0.25) is 0 Å². The second-order valence-electron chi connectivity index (χ2n) is 5.77. The fourth-order valence-electron chi connectivity index (χ4n) is 2.85. The molecule has 1 N–H and O–H groups in total. The fraction of sp³-hybridized carbons (Fsp3) is 0.235. The maximum absolute atomic E-state index is 12.8. The van der Waals surface area contributed by atoms with Crippen LogP contribution in [0, 0.1) is 0 Å². The molecule has 0 aliphatic rings. The first-order chi connectivity index (χ1) is 12.2. The highest BCUT2D eigenvalue weighted by Gasteiger charge is 2.15. The molecule has 0 unspecified atom stereocenters. The molecule has 4 rings (SSSR count). The first-order valence-corrected chi connectivity index (χ1v) is 8.05. The number of aromatic amines is 1. The lowest BCUT2D eigenvalue weighted by atomic mass is 10.2. The van der Waals surface area contributed by atoms with Gasteiger partial charge in [-0.1, -0.05) is 37.3 Å². The van der Waals surface area contributed by atoms with Crippen LogP contribution in [0.1, 0.15) is 18.4 Å². The molecule has 0 spiro atoms. The van der Waals surface area contributed by atoms with E-state index in [1.54, 1.807) is 11.7 Å². The molecular formula is C17H17N7O. The van der Waals surface area contributed by atoms with E-state index in [1.165, 1.54) is 10.9 Å². The van der Waals surface area contributed by atoms with Crippen molar-refractivity contribution in [3.05, 3.63) is 58.5 Å². The van der Waals surface area contributed by atoms with Crippen LogP contribution in [0.25, 0.3) is 22.4 Å². The van der Waals surface area contributed by atoms with E-state index < -0.39 is 0 Å². The van der Waals surface area contributed by atoms with E-state index in [1.807, 2.05) is 37.3 Å². The highest BCUT2D eigenvalue weighted by atomic mass is 16.1. The predicted octanol–water partition coefficient (Wildman–Crippen LogP) is 1.53. The van der Waals surface area contributed by atoms with Gasteiger partial charge >= 0.3 is 0 Å². The van der Waals surface area contributed by atoms with Crippen molar-refractivity contribution in [2.75, 3.05) is 0 Å². The Labute approximate surface area is 143 Å². The lowest BCUT2D eigenvalue weighted by molar-refractivity contribution is 0.698. The Bertz CT molecular complexity index is 1090. The van der Waals surface area contributed by atoms with Crippen LogP contribution < -0.4 is 5.56 Å². The molecular weight excluding hydrogens is 318 g/mol. The van der Waals surface area contributed by atoms with Crippen LogP contribution in [0.15, 0.2) is 41.5 Å². The van der Waals surface area contributed by atoms with Gasteiger partial charge in [-0.3, -0.25) is 19.1 Å². The molecule has 0 bridgehead atoms. The van der Waals surface area contributed by atoms with Gasteiger partial charge in [-0.2, -0.15) is 10.2 Å². The van der Waals surface area contributed by atoms with Crippen molar-refractivity contribution < 1.29 is 0 Å². The molecule has 1 aromatic carbocycles. The molecule has 0 fully saturated rings. The Balaban J connectivity index is 1.70. The van der Waals surface area contributed by atoms with Gasteiger partial charge in [0.15, 0.2) is 11.3 Å². The van der Waals surface area contributed by atoms with Gasteiger partial charge < -0.3 is 0 Å². The molecule has 0 aliphatic carbocycles. The largest absolute Gasteiger partial charge is 0.290 e. The highest BCUT2D eigenvalue weighted by molar-refractivity contribution is 5.76. The Morgan fingerprint density at radius 1 is 1.20 bits per heavy atom. The topological polar surface area (TPSA) is 94.3 Å². The SMILES string of the molecule is CCc1nn(C)c2c(=O)n(Cc3nc(-c4ccccc4)n[nH]3)cnc12. The van der Waals surface area contributed by atoms with Gasteiger partial charge in [0.25, 0.3) is 5.56 Å². The number of aryl methyl sites for hydroxylation is 2. The van der Waals surface area contributed by atoms with Crippen molar-refractivity contribution in [2.24, 2.45) is 7.05 Å². The molecule has 0 atom stereocenters. The second-order valence-corrected chi connectivity index (χ2v) is 5.77. The maximum Gasteiger partial charge on any atom is 0.279 e. The monoisotopic (exact) mass is 335 g/mol. The number of benzene rings is 1. The van der Waals surface area contributed by atoms with Gasteiger partial charge in [0, 0.05) is 12.6 Å². The zero-order valence-corrected chi connectivity index (χ0v) is 14.0. The number of aromatic nitrogens is 7. The Kier molecular flexibility index (Phi) is 3.64. The lowest BCUT2D eigenvalue weighted by Gasteiger charge is -2.03. The van der Waals surface area contributed by atoms with E-state index in [9.17, 15) is 4.79 Å². The highest BCUT2D eigenvalue weighted by Crippen LogP contribution is 2.14. The number of rotatable bonds is 4.